The first-order valence-corrected chi connectivity index (χ1v) is 8.01. The normalized spacial score (nSPS) is 10.2. The van der Waals surface area contributed by atoms with Gasteiger partial charge in [0, 0.05) is 11.9 Å². The monoisotopic (exact) mass is 329 g/mol. The molecule has 0 aliphatic rings. The first kappa shape index (κ1) is 16.5. The van der Waals surface area contributed by atoms with Crippen molar-refractivity contribution in [3.05, 3.63) is 70.9 Å². The van der Waals surface area contributed by atoms with Crippen molar-refractivity contribution in [3.63, 3.8) is 0 Å². The minimum absolute atomic E-state index is 0.509. The van der Waals surface area contributed by atoms with Crippen LogP contribution in [0.25, 0.3) is 0 Å². The predicted molar refractivity (Wildman–Crippen MR) is 100 cm³/mol. The highest BCUT2D eigenvalue weighted by molar-refractivity contribution is 5.67. The summed E-state index contributed by atoms with van der Waals surface area (Å²) >= 11 is 0. The number of anilines is 4. The molecule has 0 radical (unpaired) electrons. The molecular formula is C20H19N5. The third-order valence-electron chi connectivity index (χ3n) is 3.88. The van der Waals surface area contributed by atoms with Crippen molar-refractivity contribution in [2.45, 2.75) is 20.8 Å². The zero-order valence-electron chi connectivity index (χ0n) is 14.5. The van der Waals surface area contributed by atoms with Crippen LogP contribution >= 0.6 is 0 Å². The van der Waals surface area contributed by atoms with Gasteiger partial charge in [-0.1, -0.05) is 29.8 Å². The van der Waals surface area contributed by atoms with E-state index in [1.165, 1.54) is 5.56 Å². The summed E-state index contributed by atoms with van der Waals surface area (Å²) in [7, 11) is 0. The number of para-hydroxylation sites is 1. The Balaban J connectivity index is 1.87. The molecule has 25 heavy (non-hydrogen) atoms. The van der Waals surface area contributed by atoms with E-state index in [1.807, 2.05) is 18.2 Å². The molecule has 1 aromatic heterocycles. The van der Waals surface area contributed by atoms with Crippen LogP contribution in [0, 0.1) is 32.1 Å². The molecule has 1 heterocycles. The third kappa shape index (κ3) is 3.75. The molecule has 0 fully saturated rings. The molecule has 0 saturated heterocycles. The van der Waals surface area contributed by atoms with Gasteiger partial charge in [0.15, 0.2) is 0 Å². The van der Waals surface area contributed by atoms with E-state index in [0.717, 1.165) is 22.5 Å². The van der Waals surface area contributed by atoms with E-state index < -0.39 is 0 Å². The van der Waals surface area contributed by atoms with Gasteiger partial charge in [-0.3, -0.25) is 0 Å². The topological polar surface area (TPSA) is 73.6 Å². The molecule has 0 spiro atoms. The predicted octanol–water partition coefficient (Wildman–Crippen LogP) is 4.76. The first-order chi connectivity index (χ1) is 12.1. The zero-order valence-corrected chi connectivity index (χ0v) is 14.5. The second-order valence-electron chi connectivity index (χ2n) is 5.95. The summed E-state index contributed by atoms with van der Waals surface area (Å²) in [6, 6.07) is 15.5. The van der Waals surface area contributed by atoms with Crippen LogP contribution in [-0.4, -0.2) is 9.97 Å². The van der Waals surface area contributed by atoms with Gasteiger partial charge < -0.3 is 10.6 Å². The van der Waals surface area contributed by atoms with Crippen LogP contribution in [0.4, 0.5) is 23.1 Å². The number of nitriles is 1. The van der Waals surface area contributed by atoms with Crippen LogP contribution in [0.2, 0.25) is 0 Å². The van der Waals surface area contributed by atoms with Gasteiger partial charge in [0.25, 0.3) is 0 Å². The Morgan fingerprint density at radius 2 is 1.68 bits per heavy atom. The van der Waals surface area contributed by atoms with Gasteiger partial charge in [0.2, 0.25) is 5.95 Å². The Bertz CT molecular complexity index is 933. The van der Waals surface area contributed by atoms with Crippen LogP contribution in [0.15, 0.2) is 48.7 Å². The van der Waals surface area contributed by atoms with Crippen LogP contribution in [0.5, 0.6) is 0 Å². The molecule has 0 aliphatic heterocycles. The maximum absolute atomic E-state index is 9.19. The number of aromatic nitrogens is 2. The fourth-order valence-corrected chi connectivity index (χ4v) is 2.81. The molecule has 2 aromatic carbocycles. The Kier molecular flexibility index (Phi) is 4.62. The SMILES string of the molecule is Cc1cc(C)c(Nc2nccc(Nc3ccccc3C#N)n2)c(C)c1. The third-order valence-corrected chi connectivity index (χ3v) is 3.88. The number of aryl methyl sites for hydroxylation is 3. The lowest BCUT2D eigenvalue weighted by atomic mass is 10.1. The van der Waals surface area contributed by atoms with Crippen LogP contribution in [-0.2, 0) is 0 Å². The lowest BCUT2D eigenvalue weighted by Crippen LogP contribution is -2.03. The van der Waals surface area contributed by atoms with Crippen molar-refractivity contribution < 1.29 is 0 Å². The fraction of sp³-hybridized carbons (Fsp3) is 0.150. The quantitative estimate of drug-likeness (QED) is 0.722. The molecule has 0 aliphatic carbocycles. The molecular weight excluding hydrogens is 310 g/mol. The average molecular weight is 329 g/mol. The number of nitrogens with one attached hydrogen (secondary N) is 2. The Morgan fingerprint density at radius 3 is 2.40 bits per heavy atom. The summed E-state index contributed by atoms with van der Waals surface area (Å²) in [5.41, 5.74) is 5.83. The summed E-state index contributed by atoms with van der Waals surface area (Å²) < 4.78 is 0. The number of hydrogen-bond donors (Lipinski definition) is 2. The second kappa shape index (κ2) is 7.02. The molecule has 0 saturated carbocycles. The van der Waals surface area contributed by atoms with E-state index in [4.69, 9.17) is 0 Å². The van der Waals surface area contributed by atoms with Gasteiger partial charge >= 0.3 is 0 Å². The molecule has 0 amide bonds. The number of rotatable bonds is 4. The van der Waals surface area contributed by atoms with Gasteiger partial charge in [0.05, 0.1) is 11.3 Å². The number of nitrogens with zero attached hydrogens (tertiary/aromatic N) is 3. The van der Waals surface area contributed by atoms with Crippen molar-refractivity contribution in [1.82, 2.24) is 9.97 Å². The lowest BCUT2D eigenvalue weighted by molar-refractivity contribution is 1.15. The summed E-state index contributed by atoms with van der Waals surface area (Å²) in [4.78, 5) is 8.80. The summed E-state index contributed by atoms with van der Waals surface area (Å²) in [6.07, 6.45) is 1.69. The Labute approximate surface area is 147 Å². The second-order valence-corrected chi connectivity index (χ2v) is 5.95. The van der Waals surface area contributed by atoms with Crippen molar-refractivity contribution in [2.24, 2.45) is 0 Å². The van der Waals surface area contributed by atoms with E-state index >= 15 is 0 Å². The highest BCUT2D eigenvalue weighted by Gasteiger charge is 2.07. The maximum atomic E-state index is 9.19. The summed E-state index contributed by atoms with van der Waals surface area (Å²) in [5, 5.41) is 15.7. The van der Waals surface area contributed by atoms with Crippen LogP contribution in [0.1, 0.15) is 22.3 Å². The largest absolute Gasteiger partial charge is 0.339 e. The molecule has 5 heteroatoms. The molecule has 0 bridgehead atoms. The van der Waals surface area contributed by atoms with E-state index in [9.17, 15) is 5.26 Å². The molecule has 0 atom stereocenters. The summed E-state index contributed by atoms with van der Waals surface area (Å²) in [5.74, 6) is 1.14. The summed E-state index contributed by atoms with van der Waals surface area (Å²) in [6.45, 7) is 6.21. The van der Waals surface area contributed by atoms with Gasteiger partial charge in [0.1, 0.15) is 11.9 Å². The van der Waals surface area contributed by atoms with E-state index in [2.05, 4.69) is 59.6 Å². The van der Waals surface area contributed by atoms with Crippen molar-refractivity contribution >= 4 is 23.1 Å². The number of benzene rings is 2. The van der Waals surface area contributed by atoms with Gasteiger partial charge in [-0.2, -0.15) is 10.2 Å². The fourth-order valence-electron chi connectivity index (χ4n) is 2.81. The van der Waals surface area contributed by atoms with Gasteiger partial charge in [-0.05, 0) is 50.1 Å². The minimum Gasteiger partial charge on any atom is -0.339 e. The maximum Gasteiger partial charge on any atom is 0.229 e. The zero-order chi connectivity index (χ0) is 17.8. The molecule has 0 unspecified atom stereocenters. The Morgan fingerprint density at radius 1 is 0.960 bits per heavy atom. The average Bonchev–Trinajstić information content (AvgIpc) is 2.59. The van der Waals surface area contributed by atoms with Gasteiger partial charge in [-0.25, -0.2) is 4.98 Å². The molecule has 2 N–H and O–H groups in total. The van der Waals surface area contributed by atoms with Gasteiger partial charge in [-0.15, -0.1) is 0 Å². The highest BCUT2D eigenvalue weighted by atomic mass is 15.1. The first-order valence-electron chi connectivity index (χ1n) is 8.01. The van der Waals surface area contributed by atoms with Crippen molar-refractivity contribution in [3.8, 4) is 6.07 Å². The molecule has 5 nitrogen and oxygen atoms in total. The lowest BCUT2D eigenvalue weighted by Gasteiger charge is -2.13. The van der Waals surface area contributed by atoms with Crippen LogP contribution in [0.3, 0.4) is 0 Å². The smallest absolute Gasteiger partial charge is 0.229 e. The Hall–Kier alpha value is -3.39. The molecule has 3 rings (SSSR count). The molecule has 124 valence electrons. The van der Waals surface area contributed by atoms with Crippen molar-refractivity contribution in [1.29, 1.82) is 5.26 Å². The van der Waals surface area contributed by atoms with Crippen molar-refractivity contribution in [2.75, 3.05) is 10.6 Å². The number of hydrogen-bond acceptors (Lipinski definition) is 5. The standard InChI is InChI=1S/C20H19N5/c1-13-10-14(2)19(15(3)11-13)25-20-22-9-8-18(24-20)23-17-7-5-4-6-16(17)12-21/h4-11H,1-3H3,(H2,22,23,24,25). The van der Waals surface area contributed by atoms with E-state index in [1.54, 1.807) is 18.3 Å². The van der Waals surface area contributed by atoms with Crippen LogP contribution < -0.4 is 10.6 Å². The molecule has 3 aromatic rings. The minimum atomic E-state index is 0.509. The van der Waals surface area contributed by atoms with E-state index in [0.29, 0.717) is 17.3 Å². The van der Waals surface area contributed by atoms with E-state index in [-0.39, 0.29) is 0 Å². The highest BCUT2D eigenvalue weighted by Crippen LogP contribution is 2.25.